The Balaban J connectivity index is 2.68. The van der Waals surface area contributed by atoms with E-state index in [-0.39, 0.29) is 11.2 Å². The zero-order valence-corrected chi connectivity index (χ0v) is 12.1. The maximum absolute atomic E-state index is 11.2. The first-order valence-corrected chi connectivity index (χ1v) is 9.45. The van der Waals surface area contributed by atoms with Gasteiger partial charge in [-0.3, -0.25) is 4.79 Å². The summed E-state index contributed by atoms with van der Waals surface area (Å²) >= 11 is 0. The molecule has 88 valence electrons. The van der Waals surface area contributed by atoms with Gasteiger partial charge in [0.2, 0.25) is 0 Å². The molecule has 0 aliphatic heterocycles. The molecule has 0 aromatic carbocycles. The third-order valence-electron chi connectivity index (χ3n) is 2.84. The summed E-state index contributed by atoms with van der Waals surface area (Å²) in [6.07, 6.45) is 4.33. The van der Waals surface area contributed by atoms with E-state index in [9.17, 15) is 4.79 Å². The number of carbonyl (C=O) groups is 1. The van der Waals surface area contributed by atoms with Crippen molar-refractivity contribution in [1.82, 2.24) is 0 Å². The van der Waals surface area contributed by atoms with Crippen molar-refractivity contribution in [2.24, 2.45) is 5.41 Å². The Hall–Kier alpha value is -0.813. The van der Waals surface area contributed by atoms with Gasteiger partial charge in [0.1, 0.15) is 8.07 Å². The first kappa shape index (κ1) is 13.3. The maximum atomic E-state index is 11.2. The Morgan fingerprint density at radius 2 is 1.94 bits per heavy atom. The molecule has 1 aliphatic rings. The quantitative estimate of drug-likeness (QED) is 0.527. The molecule has 0 radical (unpaired) electrons. The fourth-order valence-corrected chi connectivity index (χ4v) is 2.39. The van der Waals surface area contributed by atoms with Gasteiger partial charge >= 0.3 is 0 Å². The molecule has 1 nitrogen and oxygen atoms in total. The molecule has 0 bridgehead atoms. The smallest absolute Gasteiger partial charge is 0.155 e. The predicted molar refractivity (Wildman–Crippen MR) is 71.8 cm³/mol. The Morgan fingerprint density at radius 3 is 2.38 bits per heavy atom. The molecule has 0 saturated carbocycles. The molecule has 0 aromatic rings. The van der Waals surface area contributed by atoms with Crippen molar-refractivity contribution >= 4 is 13.9 Å². The van der Waals surface area contributed by atoms with Gasteiger partial charge in [-0.05, 0) is 17.9 Å². The van der Waals surface area contributed by atoms with Crippen LogP contribution in [0.2, 0.25) is 19.6 Å². The Kier molecular flexibility index (Phi) is 3.80. The lowest BCUT2D eigenvalue weighted by Crippen LogP contribution is -2.18. The third-order valence-corrected chi connectivity index (χ3v) is 3.77. The lowest BCUT2D eigenvalue weighted by molar-refractivity contribution is -0.114. The van der Waals surface area contributed by atoms with Crippen LogP contribution in [0.3, 0.4) is 0 Å². The fraction of sp³-hybridized carbons (Fsp3) is 0.643. The normalized spacial score (nSPS) is 16.8. The summed E-state index contributed by atoms with van der Waals surface area (Å²) in [4.78, 5) is 11.2. The molecule has 2 heteroatoms. The minimum atomic E-state index is -1.26. The number of allylic oxidation sites excluding steroid dienone is 2. The monoisotopic (exact) mass is 234 g/mol. The van der Waals surface area contributed by atoms with Crippen LogP contribution in [0.15, 0.2) is 11.6 Å². The van der Waals surface area contributed by atoms with Crippen LogP contribution in [-0.2, 0) is 4.79 Å². The Labute approximate surface area is 100 Å². The van der Waals surface area contributed by atoms with Crippen LogP contribution in [-0.4, -0.2) is 13.9 Å². The van der Waals surface area contributed by atoms with E-state index in [0.29, 0.717) is 6.42 Å². The first-order valence-electron chi connectivity index (χ1n) is 5.95. The summed E-state index contributed by atoms with van der Waals surface area (Å²) in [6.45, 7) is 11.1. The van der Waals surface area contributed by atoms with Crippen molar-refractivity contribution in [3.05, 3.63) is 11.6 Å². The zero-order chi connectivity index (χ0) is 12.4. The van der Waals surface area contributed by atoms with Crippen molar-refractivity contribution in [1.29, 1.82) is 0 Å². The zero-order valence-electron chi connectivity index (χ0n) is 11.1. The molecule has 0 spiro atoms. The summed E-state index contributed by atoms with van der Waals surface area (Å²) < 4.78 is 0. The highest BCUT2D eigenvalue weighted by Gasteiger charge is 2.26. The van der Waals surface area contributed by atoms with Crippen molar-refractivity contribution in [2.75, 3.05) is 0 Å². The summed E-state index contributed by atoms with van der Waals surface area (Å²) in [5.74, 6) is 3.60. The van der Waals surface area contributed by atoms with E-state index in [0.717, 1.165) is 12.8 Å². The second-order valence-electron chi connectivity index (χ2n) is 6.25. The molecule has 0 fully saturated rings. The molecular formula is C14H22OSi. The van der Waals surface area contributed by atoms with Crippen LogP contribution in [0.1, 0.15) is 33.1 Å². The number of ketones is 1. The second kappa shape index (κ2) is 4.59. The average molecular weight is 234 g/mol. The van der Waals surface area contributed by atoms with E-state index in [4.69, 9.17) is 0 Å². The van der Waals surface area contributed by atoms with Gasteiger partial charge in [0.25, 0.3) is 0 Å². The second-order valence-corrected chi connectivity index (χ2v) is 11.0. The van der Waals surface area contributed by atoms with Gasteiger partial charge in [0, 0.05) is 12.8 Å². The maximum Gasteiger partial charge on any atom is 0.155 e. The highest BCUT2D eigenvalue weighted by molar-refractivity contribution is 6.83. The van der Waals surface area contributed by atoms with Crippen molar-refractivity contribution in [3.63, 3.8) is 0 Å². The van der Waals surface area contributed by atoms with E-state index < -0.39 is 8.07 Å². The van der Waals surface area contributed by atoms with Crippen molar-refractivity contribution in [3.8, 4) is 11.5 Å². The van der Waals surface area contributed by atoms with Crippen LogP contribution in [0.4, 0.5) is 0 Å². The summed E-state index contributed by atoms with van der Waals surface area (Å²) in [5, 5.41) is 0. The van der Waals surface area contributed by atoms with Crippen molar-refractivity contribution < 1.29 is 4.79 Å². The number of carbonyl (C=O) groups excluding carboxylic acids is 1. The Morgan fingerprint density at radius 1 is 1.31 bits per heavy atom. The van der Waals surface area contributed by atoms with Gasteiger partial charge in [0.15, 0.2) is 5.78 Å². The predicted octanol–water partition coefficient (Wildman–Crippen LogP) is 3.57. The van der Waals surface area contributed by atoms with Crippen LogP contribution in [0, 0.1) is 16.9 Å². The highest BCUT2D eigenvalue weighted by Crippen LogP contribution is 2.36. The minimum Gasteiger partial charge on any atom is -0.295 e. The molecule has 0 N–H and O–H groups in total. The lowest BCUT2D eigenvalue weighted by atomic mass is 9.81. The largest absolute Gasteiger partial charge is 0.295 e. The Bertz CT molecular complexity index is 372. The van der Waals surface area contributed by atoms with Crippen LogP contribution in [0.25, 0.3) is 0 Å². The van der Waals surface area contributed by atoms with Gasteiger partial charge in [0.05, 0.1) is 0 Å². The molecular weight excluding hydrogens is 212 g/mol. The topological polar surface area (TPSA) is 17.1 Å². The average Bonchev–Trinajstić information content (AvgIpc) is 2.49. The first-order chi connectivity index (χ1) is 7.21. The van der Waals surface area contributed by atoms with E-state index in [1.807, 2.05) is 6.08 Å². The molecule has 0 amide bonds. The standard InChI is InChI=1S/C14H22OSi/c1-14(2,9-6-10-16(3,4)5)12-7-8-13(15)11-12/h11H,7-9H2,1-5H3. The van der Waals surface area contributed by atoms with E-state index in [2.05, 4.69) is 45.0 Å². The summed E-state index contributed by atoms with van der Waals surface area (Å²) in [7, 11) is -1.26. The van der Waals surface area contributed by atoms with E-state index in [1.54, 1.807) is 0 Å². The minimum absolute atomic E-state index is 0.0683. The molecule has 0 saturated heterocycles. The van der Waals surface area contributed by atoms with Crippen LogP contribution in [0.5, 0.6) is 0 Å². The van der Waals surface area contributed by atoms with Crippen molar-refractivity contribution in [2.45, 2.75) is 52.8 Å². The molecule has 16 heavy (non-hydrogen) atoms. The van der Waals surface area contributed by atoms with Gasteiger partial charge in [-0.15, -0.1) is 11.5 Å². The van der Waals surface area contributed by atoms with Gasteiger partial charge in [-0.25, -0.2) is 0 Å². The SMILES string of the molecule is CC(C)(CC#C[Si](C)(C)C)C1=CC(=O)CC1. The van der Waals surface area contributed by atoms with E-state index >= 15 is 0 Å². The van der Waals surface area contributed by atoms with Crippen LogP contribution < -0.4 is 0 Å². The van der Waals surface area contributed by atoms with Gasteiger partial charge < -0.3 is 0 Å². The fourth-order valence-electron chi connectivity index (χ4n) is 1.77. The summed E-state index contributed by atoms with van der Waals surface area (Å²) in [5.41, 5.74) is 4.74. The van der Waals surface area contributed by atoms with Gasteiger partial charge in [-0.1, -0.05) is 39.1 Å². The molecule has 0 atom stereocenters. The molecule has 0 aromatic heterocycles. The third kappa shape index (κ3) is 3.98. The van der Waals surface area contributed by atoms with E-state index in [1.165, 1.54) is 5.57 Å². The number of hydrogen-bond acceptors (Lipinski definition) is 1. The lowest BCUT2D eigenvalue weighted by Gasteiger charge is -2.23. The number of rotatable bonds is 2. The molecule has 0 heterocycles. The van der Waals surface area contributed by atoms with Crippen LogP contribution >= 0.6 is 0 Å². The molecule has 1 aliphatic carbocycles. The highest BCUT2D eigenvalue weighted by atomic mass is 28.3. The number of hydrogen-bond donors (Lipinski definition) is 0. The molecule has 0 unspecified atom stereocenters. The summed E-state index contributed by atoms with van der Waals surface area (Å²) in [6, 6.07) is 0. The molecule has 1 rings (SSSR count). The van der Waals surface area contributed by atoms with Gasteiger partial charge in [-0.2, -0.15) is 0 Å².